The van der Waals surface area contributed by atoms with E-state index in [1.54, 1.807) is 16.8 Å². The van der Waals surface area contributed by atoms with E-state index in [0.717, 1.165) is 0 Å². The summed E-state index contributed by atoms with van der Waals surface area (Å²) < 4.78 is 15.4. The third-order valence-electron chi connectivity index (χ3n) is 2.69. The molecule has 0 spiro atoms. The minimum atomic E-state index is -0.557. The molecule has 1 aromatic heterocycles. The summed E-state index contributed by atoms with van der Waals surface area (Å²) in [5.74, 6) is -0.809. The fourth-order valence-electron chi connectivity index (χ4n) is 1.72. The van der Waals surface area contributed by atoms with E-state index < -0.39 is 5.82 Å². The van der Waals surface area contributed by atoms with Crippen LogP contribution in [0.5, 0.6) is 0 Å². The van der Waals surface area contributed by atoms with Gasteiger partial charge in [0.1, 0.15) is 11.5 Å². The summed E-state index contributed by atoms with van der Waals surface area (Å²) in [6.45, 7) is 1.05. The third-order valence-corrected chi connectivity index (χ3v) is 2.98. The molecule has 4 nitrogen and oxygen atoms in total. The predicted molar refractivity (Wildman–Crippen MR) is 70.7 cm³/mol. The summed E-state index contributed by atoms with van der Waals surface area (Å²) in [4.78, 5) is 16.0. The maximum atomic E-state index is 13.7. The van der Waals surface area contributed by atoms with Crippen LogP contribution in [-0.4, -0.2) is 21.9 Å². The third kappa shape index (κ3) is 3.19. The van der Waals surface area contributed by atoms with Gasteiger partial charge < -0.3 is 10.3 Å². The van der Waals surface area contributed by atoms with Crippen LogP contribution in [0, 0.1) is 5.82 Å². The number of aromatic nitrogens is 2. The van der Waals surface area contributed by atoms with Crippen molar-refractivity contribution in [1.29, 1.82) is 0 Å². The Morgan fingerprint density at radius 2 is 2.26 bits per heavy atom. The first-order valence-electron chi connectivity index (χ1n) is 5.79. The van der Waals surface area contributed by atoms with Crippen LogP contribution in [0.2, 0.25) is 5.02 Å². The molecule has 0 unspecified atom stereocenters. The smallest absolute Gasteiger partial charge is 0.187 e. The van der Waals surface area contributed by atoms with Crippen molar-refractivity contribution in [1.82, 2.24) is 9.55 Å². The molecule has 1 heterocycles. The van der Waals surface area contributed by atoms with E-state index in [-0.39, 0.29) is 22.8 Å². The fraction of sp³-hybridized carbons (Fsp3) is 0.231. The average molecular weight is 282 g/mol. The highest BCUT2D eigenvalue weighted by Gasteiger charge is 2.14. The summed E-state index contributed by atoms with van der Waals surface area (Å²) in [6.07, 6.45) is 3.08. The van der Waals surface area contributed by atoms with Gasteiger partial charge in [0.05, 0.1) is 11.3 Å². The van der Waals surface area contributed by atoms with Gasteiger partial charge in [-0.1, -0.05) is 23.7 Å². The van der Waals surface area contributed by atoms with Crippen molar-refractivity contribution in [2.75, 3.05) is 6.54 Å². The first-order valence-corrected chi connectivity index (χ1v) is 6.17. The number of nitrogens with two attached hydrogens (primary N) is 1. The molecule has 2 N–H and O–H groups in total. The van der Waals surface area contributed by atoms with Gasteiger partial charge in [-0.25, -0.2) is 9.37 Å². The summed E-state index contributed by atoms with van der Waals surface area (Å²) in [7, 11) is 0. The first kappa shape index (κ1) is 13.7. The second-order valence-corrected chi connectivity index (χ2v) is 4.51. The van der Waals surface area contributed by atoms with Crippen molar-refractivity contribution in [2.24, 2.45) is 5.73 Å². The van der Waals surface area contributed by atoms with Crippen LogP contribution in [0.1, 0.15) is 16.1 Å². The largest absolute Gasteiger partial charge is 0.335 e. The number of carbonyl (C=O) groups excluding carboxylic acids is 1. The Labute approximate surface area is 115 Å². The number of nitrogens with zero attached hydrogens (tertiary/aromatic N) is 2. The normalized spacial score (nSPS) is 10.7. The molecule has 2 rings (SSSR count). The van der Waals surface area contributed by atoms with Gasteiger partial charge in [-0.15, -0.1) is 0 Å². The number of hydrogen-bond donors (Lipinski definition) is 1. The van der Waals surface area contributed by atoms with E-state index in [1.165, 1.54) is 18.5 Å². The Kier molecular flexibility index (Phi) is 4.29. The summed E-state index contributed by atoms with van der Waals surface area (Å²) in [6, 6.07) is 4.60. The van der Waals surface area contributed by atoms with E-state index in [4.69, 9.17) is 17.3 Å². The van der Waals surface area contributed by atoms with Crippen molar-refractivity contribution < 1.29 is 9.18 Å². The van der Waals surface area contributed by atoms with Crippen LogP contribution in [-0.2, 0) is 13.0 Å². The van der Waals surface area contributed by atoms with Gasteiger partial charge in [0.2, 0.25) is 0 Å². The maximum Gasteiger partial charge on any atom is 0.187 e. The second kappa shape index (κ2) is 5.95. The zero-order valence-corrected chi connectivity index (χ0v) is 10.9. The van der Waals surface area contributed by atoms with Gasteiger partial charge in [0, 0.05) is 25.7 Å². The highest BCUT2D eigenvalue weighted by molar-refractivity contribution is 6.30. The Morgan fingerprint density at radius 1 is 1.47 bits per heavy atom. The zero-order chi connectivity index (χ0) is 13.8. The molecule has 1 aromatic carbocycles. The maximum absolute atomic E-state index is 13.7. The summed E-state index contributed by atoms with van der Waals surface area (Å²) in [5.41, 5.74) is 5.98. The Balaban J connectivity index is 2.14. The van der Waals surface area contributed by atoms with Gasteiger partial charge in [0.25, 0.3) is 0 Å². The predicted octanol–water partition coefficient (Wildman–Crippen LogP) is 2.06. The van der Waals surface area contributed by atoms with Gasteiger partial charge in [-0.05, 0) is 11.6 Å². The van der Waals surface area contributed by atoms with E-state index in [0.29, 0.717) is 18.8 Å². The summed E-state index contributed by atoms with van der Waals surface area (Å²) >= 11 is 5.67. The number of imidazole rings is 1. The molecule has 0 saturated heterocycles. The first-order chi connectivity index (χ1) is 9.11. The molecule has 0 atom stereocenters. The molecule has 0 amide bonds. The van der Waals surface area contributed by atoms with Gasteiger partial charge in [-0.3, -0.25) is 4.79 Å². The SMILES string of the molecule is NCCn1cnc(C(=O)Cc2cccc(Cl)c2F)c1. The van der Waals surface area contributed by atoms with Crippen LogP contribution in [0.3, 0.4) is 0 Å². The minimum Gasteiger partial charge on any atom is -0.335 e. The van der Waals surface area contributed by atoms with Crippen molar-refractivity contribution in [3.63, 3.8) is 0 Å². The molecular formula is C13H13ClFN3O. The van der Waals surface area contributed by atoms with Crippen molar-refractivity contribution in [3.8, 4) is 0 Å². The zero-order valence-electron chi connectivity index (χ0n) is 10.1. The Hall–Kier alpha value is -1.72. The lowest BCUT2D eigenvalue weighted by Gasteiger charge is -2.02. The van der Waals surface area contributed by atoms with Crippen LogP contribution < -0.4 is 5.73 Å². The van der Waals surface area contributed by atoms with E-state index >= 15 is 0 Å². The van der Waals surface area contributed by atoms with E-state index in [9.17, 15) is 9.18 Å². The standard InChI is InChI=1S/C13H13ClFN3O/c14-10-3-1-2-9(13(10)15)6-12(19)11-7-18(5-4-16)8-17-11/h1-3,7-8H,4-6,16H2. The van der Waals surface area contributed by atoms with E-state index in [2.05, 4.69) is 4.98 Å². The molecular weight excluding hydrogens is 269 g/mol. The quantitative estimate of drug-likeness (QED) is 0.854. The summed E-state index contributed by atoms with van der Waals surface area (Å²) in [5, 5.41) is 0.0129. The Morgan fingerprint density at radius 3 is 3.00 bits per heavy atom. The van der Waals surface area contributed by atoms with Crippen LogP contribution in [0.4, 0.5) is 4.39 Å². The van der Waals surface area contributed by atoms with Crippen molar-refractivity contribution in [3.05, 3.63) is 52.8 Å². The molecule has 0 bridgehead atoms. The minimum absolute atomic E-state index is 0.0129. The molecule has 19 heavy (non-hydrogen) atoms. The van der Waals surface area contributed by atoms with Crippen LogP contribution >= 0.6 is 11.6 Å². The lowest BCUT2D eigenvalue weighted by Crippen LogP contribution is -2.08. The highest BCUT2D eigenvalue weighted by atomic mass is 35.5. The Bertz CT molecular complexity index is 597. The molecule has 2 aromatic rings. The van der Waals surface area contributed by atoms with Gasteiger partial charge >= 0.3 is 0 Å². The van der Waals surface area contributed by atoms with Crippen LogP contribution in [0.15, 0.2) is 30.7 Å². The molecule has 0 fully saturated rings. The van der Waals surface area contributed by atoms with Crippen LogP contribution in [0.25, 0.3) is 0 Å². The lowest BCUT2D eigenvalue weighted by molar-refractivity contribution is 0.0987. The van der Waals surface area contributed by atoms with Gasteiger partial charge in [0.15, 0.2) is 5.78 Å². The molecule has 100 valence electrons. The number of rotatable bonds is 5. The number of carbonyl (C=O) groups is 1. The molecule has 6 heteroatoms. The monoisotopic (exact) mass is 281 g/mol. The average Bonchev–Trinajstić information content (AvgIpc) is 2.84. The van der Waals surface area contributed by atoms with Crippen molar-refractivity contribution in [2.45, 2.75) is 13.0 Å². The fourth-order valence-corrected chi connectivity index (χ4v) is 1.92. The molecule has 0 radical (unpaired) electrons. The van der Waals surface area contributed by atoms with E-state index in [1.807, 2.05) is 0 Å². The lowest BCUT2D eigenvalue weighted by atomic mass is 10.1. The second-order valence-electron chi connectivity index (χ2n) is 4.10. The molecule has 0 saturated carbocycles. The highest BCUT2D eigenvalue weighted by Crippen LogP contribution is 2.19. The number of Topliss-reactive ketones (excluding diaryl/α,β-unsaturated/α-hetero) is 1. The number of ketones is 1. The molecule has 0 aliphatic heterocycles. The topological polar surface area (TPSA) is 60.9 Å². The molecule has 0 aliphatic carbocycles. The van der Waals surface area contributed by atoms with Gasteiger partial charge in [-0.2, -0.15) is 0 Å². The number of hydrogen-bond acceptors (Lipinski definition) is 3. The molecule has 0 aliphatic rings. The van der Waals surface area contributed by atoms with Crippen molar-refractivity contribution >= 4 is 17.4 Å². The number of halogens is 2. The number of benzene rings is 1.